The molecule has 1 atom stereocenters. The minimum Gasteiger partial charge on any atom is -0.493 e. The monoisotopic (exact) mass is 536 g/mol. The number of carbonyl (C=O) groups excluding carboxylic acids is 1. The topological polar surface area (TPSA) is 78.3 Å². The van der Waals surface area contributed by atoms with Crippen LogP contribution in [0, 0.1) is 0 Å². The number of unbranched alkanes of at least 4 members (excludes halogenated alkanes) is 2. The van der Waals surface area contributed by atoms with Gasteiger partial charge in [-0.15, -0.1) is 5.10 Å². The Kier molecular flexibility index (Phi) is 9.67. The Bertz CT molecular complexity index is 992. The maximum atomic E-state index is 13.3. The number of hydrogen-bond acceptors (Lipinski definition) is 7. The first-order valence-corrected chi connectivity index (χ1v) is 13.4. The van der Waals surface area contributed by atoms with Crippen molar-refractivity contribution in [2.75, 3.05) is 24.3 Å². The molecule has 33 heavy (non-hydrogen) atoms. The largest absolute Gasteiger partial charge is 0.493 e. The van der Waals surface area contributed by atoms with Crippen LogP contribution < -0.4 is 10.1 Å². The molecule has 9 heteroatoms. The number of esters is 1. The lowest BCUT2D eigenvalue weighted by Crippen LogP contribution is -2.30. The molecule has 1 N–H and O–H groups in total. The fourth-order valence-electron chi connectivity index (χ4n) is 3.52. The van der Waals surface area contributed by atoms with Crippen LogP contribution in [0.4, 0.5) is 5.95 Å². The Balaban J connectivity index is 2.08. The number of ether oxygens (including phenoxy) is 2. The van der Waals surface area contributed by atoms with E-state index in [0.717, 1.165) is 53.6 Å². The van der Waals surface area contributed by atoms with Gasteiger partial charge in [-0.05, 0) is 44.4 Å². The zero-order valence-corrected chi connectivity index (χ0v) is 22.2. The third-order valence-electron chi connectivity index (χ3n) is 5.24. The molecule has 0 spiro atoms. The summed E-state index contributed by atoms with van der Waals surface area (Å²) >= 11 is 5.20. The number of nitrogens with zero attached hydrogens (tertiary/aromatic N) is 3. The highest BCUT2D eigenvalue weighted by Gasteiger charge is 2.37. The van der Waals surface area contributed by atoms with E-state index in [9.17, 15) is 4.79 Å². The molecule has 1 aliphatic heterocycles. The average molecular weight is 538 g/mol. The molecule has 1 aromatic heterocycles. The Morgan fingerprint density at radius 1 is 1.18 bits per heavy atom. The summed E-state index contributed by atoms with van der Waals surface area (Å²) in [6.07, 6.45) is 4.80. The lowest BCUT2D eigenvalue weighted by molar-refractivity contribution is -0.139. The zero-order valence-electron chi connectivity index (χ0n) is 19.8. The van der Waals surface area contributed by atoms with Crippen LogP contribution >= 0.6 is 27.7 Å². The van der Waals surface area contributed by atoms with Crippen molar-refractivity contribution in [3.05, 3.63) is 39.5 Å². The molecule has 0 fully saturated rings. The second-order valence-electron chi connectivity index (χ2n) is 7.95. The summed E-state index contributed by atoms with van der Waals surface area (Å²) in [5.74, 6) is 1.92. The molecule has 1 aliphatic rings. The van der Waals surface area contributed by atoms with Crippen LogP contribution in [0.25, 0.3) is 0 Å². The van der Waals surface area contributed by atoms with Gasteiger partial charge < -0.3 is 14.8 Å². The number of aromatic nitrogens is 3. The lowest BCUT2D eigenvalue weighted by atomic mass is 9.95. The molecule has 0 radical (unpaired) electrons. The maximum absolute atomic E-state index is 13.3. The maximum Gasteiger partial charge on any atom is 0.338 e. The SMILES string of the molecule is CCCCOC(=O)C1=C(C)Nc2nc(SCCC)nn2C1c1cc(Br)ccc1OCCCC. The molecule has 0 amide bonds. The highest BCUT2D eigenvalue weighted by molar-refractivity contribution is 9.10. The van der Waals surface area contributed by atoms with Crippen molar-refractivity contribution in [1.29, 1.82) is 0 Å². The van der Waals surface area contributed by atoms with E-state index in [0.29, 0.717) is 35.6 Å². The molecule has 2 heterocycles. The second-order valence-corrected chi connectivity index (χ2v) is 9.93. The number of nitrogens with one attached hydrogen (secondary N) is 1. The summed E-state index contributed by atoms with van der Waals surface area (Å²) in [5.41, 5.74) is 2.09. The predicted octanol–water partition coefficient (Wildman–Crippen LogP) is 6.35. The standard InChI is InChI=1S/C24H33BrN4O3S/c1-5-8-12-31-19-11-10-17(25)15-18(19)21-20(22(30)32-13-9-6-2)16(4)26-23-27-24(28-29(21)23)33-14-7-3/h10-11,15,21H,5-9,12-14H2,1-4H3,(H,26,27,28). The molecule has 180 valence electrons. The molecule has 0 saturated carbocycles. The van der Waals surface area contributed by atoms with Crippen molar-refractivity contribution in [1.82, 2.24) is 14.8 Å². The summed E-state index contributed by atoms with van der Waals surface area (Å²) in [4.78, 5) is 17.9. The van der Waals surface area contributed by atoms with Gasteiger partial charge in [-0.1, -0.05) is 61.3 Å². The number of anilines is 1. The fourth-order valence-corrected chi connectivity index (χ4v) is 4.58. The van der Waals surface area contributed by atoms with E-state index in [1.165, 1.54) is 0 Å². The van der Waals surface area contributed by atoms with E-state index in [4.69, 9.17) is 14.6 Å². The number of hydrogen-bond donors (Lipinski definition) is 1. The van der Waals surface area contributed by atoms with Crippen molar-refractivity contribution in [3.63, 3.8) is 0 Å². The first kappa shape index (κ1) is 25.6. The van der Waals surface area contributed by atoms with Crippen LogP contribution in [-0.2, 0) is 9.53 Å². The molecule has 0 bridgehead atoms. The Labute approximate surface area is 208 Å². The Hall–Kier alpha value is -2.00. The van der Waals surface area contributed by atoms with Gasteiger partial charge in [0.2, 0.25) is 11.1 Å². The Morgan fingerprint density at radius 3 is 2.67 bits per heavy atom. The molecule has 3 rings (SSSR count). The van der Waals surface area contributed by atoms with Crippen molar-refractivity contribution in [2.24, 2.45) is 0 Å². The van der Waals surface area contributed by atoms with E-state index >= 15 is 0 Å². The highest BCUT2D eigenvalue weighted by atomic mass is 79.9. The van der Waals surface area contributed by atoms with E-state index in [1.54, 1.807) is 16.4 Å². The van der Waals surface area contributed by atoms with Gasteiger partial charge in [-0.25, -0.2) is 9.48 Å². The summed E-state index contributed by atoms with van der Waals surface area (Å²) in [7, 11) is 0. The van der Waals surface area contributed by atoms with Gasteiger partial charge in [-0.3, -0.25) is 0 Å². The number of allylic oxidation sites excluding steroid dienone is 1. The third kappa shape index (κ3) is 6.32. The summed E-state index contributed by atoms with van der Waals surface area (Å²) in [6.45, 7) is 9.21. The fraction of sp³-hybridized carbons (Fsp3) is 0.542. The zero-order chi connectivity index (χ0) is 23.8. The smallest absolute Gasteiger partial charge is 0.338 e. The summed E-state index contributed by atoms with van der Waals surface area (Å²) in [6, 6.07) is 5.38. The molecule has 0 aliphatic carbocycles. The number of benzene rings is 1. The van der Waals surface area contributed by atoms with E-state index < -0.39 is 6.04 Å². The first-order chi connectivity index (χ1) is 16.0. The van der Waals surface area contributed by atoms with Gasteiger partial charge >= 0.3 is 5.97 Å². The molecule has 2 aromatic rings. The molecular formula is C24H33BrN4O3S. The first-order valence-electron chi connectivity index (χ1n) is 11.7. The number of halogens is 1. The number of rotatable bonds is 12. The normalized spacial score (nSPS) is 15.2. The molecular weight excluding hydrogens is 504 g/mol. The van der Waals surface area contributed by atoms with Gasteiger partial charge in [0, 0.05) is 21.5 Å². The number of carbonyl (C=O) groups is 1. The summed E-state index contributed by atoms with van der Waals surface area (Å²) in [5, 5.41) is 8.72. The lowest BCUT2D eigenvalue weighted by Gasteiger charge is -2.29. The molecule has 7 nitrogen and oxygen atoms in total. The van der Waals surface area contributed by atoms with Crippen molar-refractivity contribution in [3.8, 4) is 5.75 Å². The predicted molar refractivity (Wildman–Crippen MR) is 136 cm³/mol. The van der Waals surface area contributed by atoms with Gasteiger partial charge in [0.15, 0.2) is 0 Å². The Morgan fingerprint density at radius 2 is 1.94 bits per heavy atom. The number of fused-ring (bicyclic) bond motifs is 1. The van der Waals surface area contributed by atoms with Crippen LogP contribution in [0.5, 0.6) is 5.75 Å². The second kappa shape index (κ2) is 12.5. The van der Waals surface area contributed by atoms with Crippen molar-refractivity contribution in [2.45, 2.75) is 71.0 Å². The van der Waals surface area contributed by atoms with E-state index in [2.05, 4.69) is 47.0 Å². The highest BCUT2D eigenvalue weighted by Crippen LogP contribution is 2.41. The molecule has 1 unspecified atom stereocenters. The minimum atomic E-state index is -0.507. The van der Waals surface area contributed by atoms with Crippen LogP contribution in [-0.4, -0.2) is 39.7 Å². The van der Waals surface area contributed by atoms with Crippen molar-refractivity contribution < 1.29 is 14.3 Å². The van der Waals surface area contributed by atoms with E-state index in [1.807, 2.05) is 25.1 Å². The van der Waals surface area contributed by atoms with Gasteiger partial charge in [0.05, 0.1) is 18.8 Å². The van der Waals surface area contributed by atoms with Gasteiger partial charge in [-0.2, -0.15) is 4.98 Å². The van der Waals surface area contributed by atoms with Crippen molar-refractivity contribution >= 4 is 39.6 Å². The average Bonchev–Trinajstić information content (AvgIpc) is 3.20. The molecule has 1 aromatic carbocycles. The van der Waals surface area contributed by atoms with Crippen LogP contribution in [0.3, 0.4) is 0 Å². The van der Waals surface area contributed by atoms with Crippen LogP contribution in [0.15, 0.2) is 39.1 Å². The minimum absolute atomic E-state index is 0.346. The third-order valence-corrected chi connectivity index (χ3v) is 6.78. The summed E-state index contributed by atoms with van der Waals surface area (Å²) < 4.78 is 14.5. The number of thioether (sulfide) groups is 1. The quantitative estimate of drug-likeness (QED) is 0.192. The van der Waals surface area contributed by atoms with Gasteiger partial charge in [0.1, 0.15) is 11.8 Å². The van der Waals surface area contributed by atoms with Crippen LogP contribution in [0.2, 0.25) is 0 Å². The molecule has 0 saturated heterocycles. The van der Waals surface area contributed by atoms with Crippen LogP contribution in [0.1, 0.15) is 71.4 Å². The van der Waals surface area contributed by atoms with E-state index in [-0.39, 0.29) is 5.97 Å². The van der Waals surface area contributed by atoms with Gasteiger partial charge in [0.25, 0.3) is 0 Å².